The quantitative estimate of drug-likeness (QED) is 0.267. The number of sulfonamides is 1. The maximum absolute atomic E-state index is 14.2. The predicted molar refractivity (Wildman–Crippen MR) is 167 cm³/mol. The molecule has 9 nitrogen and oxygen atoms in total. The highest BCUT2D eigenvalue weighted by molar-refractivity contribution is 7.92. The monoisotopic (exact) mass is 665 g/mol. The normalized spacial score (nSPS) is 13.3. The number of anilines is 1. The van der Waals surface area contributed by atoms with Gasteiger partial charge < -0.3 is 19.7 Å². The summed E-state index contributed by atoms with van der Waals surface area (Å²) in [6.07, 6.45) is 0.242. The van der Waals surface area contributed by atoms with Crippen LogP contribution in [0.2, 0.25) is 10.0 Å². The maximum Gasteiger partial charge on any atom is 0.264 e. The Kier molecular flexibility index (Phi) is 11.0. The van der Waals surface area contributed by atoms with Crippen molar-refractivity contribution < 1.29 is 31.9 Å². The lowest BCUT2D eigenvalue weighted by Crippen LogP contribution is -2.52. The van der Waals surface area contributed by atoms with E-state index in [9.17, 15) is 22.4 Å². The number of nitrogens with zero attached hydrogens (tertiary/aromatic N) is 2. The topological polar surface area (TPSA) is 105 Å². The van der Waals surface area contributed by atoms with E-state index in [2.05, 4.69) is 5.32 Å². The number of carbonyl (C=O) groups excluding carboxylic acids is 2. The van der Waals surface area contributed by atoms with Crippen molar-refractivity contribution in [2.75, 3.05) is 30.6 Å². The second-order valence-electron chi connectivity index (χ2n) is 10.6. The molecule has 0 radical (unpaired) electrons. The summed E-state index contributed by atoms with van der Waals surface area (Å²) in [5, 5.41) is 3.55. The molecule has 236 valence electrons. The molecule has 0 saturated heterocycles. The van der Waals surface area contributed by atoms with Crippen molar-refractivity contribution in [1.29, 1.82) is 0 Å². The van der Waals surface area contributed by atoms with Crippen LogP contribution in [0, 0.1) is 11.7 Å². The van der Waals surface area contributed by atoms with Crippen molar-refractivity contribution in [1.82, 2.24) is 10.2 Å². The molecule has 1 aliphatic rings. The van der Waals surface area contributed by atoms with Crippen LogP contribution in [0.4, 0.5) is 10.1 Å². The molecule has 1 heterocycles. The molecule has 1 N–H and O–H groups in total. The highest BCUT2D eigenvalue weighted by Crippen LogP contribution is 2.34. The van der Waals surface area contributed by atoms with Gasteiger partial charge in [0.2, 0.25) is 11.8 Å². The van der Waals surface area contributed by atoms with Gasteiger partial charge in [-0.15, -0.1) is 0 Å². The Morgan fingerprint density at radius 2 is 1.66 bits per heavy atom. The largest absolute Gasteiger partial charge is 0.486 e. The number of fused-ring (bicyclic) bond motifs is 1. The average molecular weight is 667 g/mol. The number of amides is 2. The minimum atomic E-state index is -4.41. The predicted octanol–water partition coefficient (Wildman–Crippen LogP) is 5.68. The Balaban J connectivity index is 1.75. The van der Waals surface area contributed by atoms with E-state index in [-0.39, 0.29) is 52.8 Å². The summed E-state index contributed by atoms with van der Waals surface area (Å²) in [5.74, 6) is -0.839. The first kappa shape index (κ1) is 33.4. The van der Waals surface area contributed by atoms with Gasteiger partial charge in [-0.3, -0.25) is 13.9 Å². The van der Waals surface area contributed by atoms with E-state index in [1.165, 1.54) is 41.3 Å². The molecule has 0 aliphatic carbocycles. The standard InChI is InChI=1S/C31H34Cl2FN3O6S/c1-4-27(31(39)35-17-20(2)3)36(18-21-5-6-22(32)15-26(21)33)30(38)19-37(24-9-7-23(34)8-10-24)44(40,41)25-11-12-28-29(16-25)43-14-13-42-28/h5-12,15-16,20,27H,4,13-14,17-19H2,1-3H3,(H,35,39). The van der Waals surface area contributed by atoms with Gasteiger partial charge in [0.1, 0.15) is 31.6 Å². The lowest BCUT2D eigenvalue weighted by molar-refractivity contribution is -0.140. The van der Waals surface area contributed by atoms with E-state index < -0.39 is 34.3 Å². The van der Waals surface area contributed by atoms with Gasteiger partial charge in [0, 0.05) is 29.2 Å². The molecule has 1 unspecified atom stereocenters. The molecule has 4 rings (SSSR count). The third-order valence-corrected chi connectivity index (χ3v) is 9.28. The van der Waals surface area contributed by atoms with Crippen LogP contribution in [0.5, 0.6) is 11.5 Å². The molecule has 3 aromatic carbocycles. The smallest absolute Gasteiger partial charge is 0.264 e. The molecular weight excluding hydrogens is 632 g/mol. The summed E-state index contributed by atoms with van der Waals surface area (Å²) in [6, 6.07) is 12.7. The molecule has 1 aliphatic heterocycles. The SMILES string of the molecule is CCC(C(=O)NCC(C)C)N(Cc1ccc(Cl)cc1Cl)C(=O)CN(c1ccc(F)cc1)S(=O)(=O)c1ccc2c(c1)OCCO2. The van der Waals surface area contributed by atoms with E-state index in [4.69, 9.17) is 32.7 Å². The fraction of sp³-hybridized carbons (Fsp3) is 0.355. The molecule has 44 heavy (non-hydrogen) atoms. The van der Waals surface area contributed by atoms with Gasteiger partial charge in [-0.05, 0) is 66.4 Å². The summed E-state index contributed by atoms with van der Waals surface area (Å²) < 4.78 is 54.1. The third-order valence-electron chi connectivity index (χ3n) is 6.92. The molecule has 2 amide bonds. The van der Waals surface area contributed by atoms with Crippen molar-refractivity contribution >= 4 is 50.7 Å². The van der Waals surface area contributed by atoms with Crippen molar-refractivity contribution in [2.24, 2.45) is 5.92 Å². The minimum absolute atomic E-state index is 0.0522. The van der Waals surface area contributed by atoms with Crippen LogP contribution in [-0.2, 0) is 26.2 Å². The molecular formula is C31H34Cl2FN3O6S. The van der Waals surface area contributed by atoms with Crippen molar-refractivity contribution in [3.8, 4) is 11.5 Å². The Hall–Kier alpha value is -3.54. The zero-order valence-corrected chi connectivity index (χ0v) is 26.9. The second-order valence-corrected chi connectivity index (χ2v) is 13.3. The van der Waals surface area contributed by atoms with E-state index in [1.54, 1.807) is 19.1 Å². The lowest BCUT2D eigenvalue weighted by Gasteiger charge is -2.33. The number of rotatable bonds is 12. The molecule has 3 aromatic rings. The van der Waals surface area contributed by atoms with Gasteiger partial charge in [0.25, 0.3) is 10.0 Å². The Bertz CT molecular complexity index is 1600. The average Bonchev–Trinajstić information content (AvgIpc) is 2.99. The first-order chi connectivity index (χ1) is 20.9. The summed E-state index contributed by atoms with van der Waals surface area (Å²) in [4.78, 5) is 28.7. The summed E-state index contributed by atoms with van der Waals surface area (Å²) in [6.45, 7) is 5.82. The molecule has 0 fully saturated rings. The molecule has 0 bridgehead atoms. The van der Waals surface area contributed by atoms with Gasteiger partial charge in [-0.2, -0.15) is 0 Å². The van der Waals surface area contributed by atoms with Crippen LogP contribution >= 0.6 is 23.2 Å². The van der Waals surface area contributed by atoms with E-state index in [0.29, 0.717) is 29.5 Å². The Morgan fingerprint density at radius 3 is 2.30 bits per heavy atom. The number of halogens is 3. The number of carbonyl (C=O) groups is 2. The van der Waals surface area contributed by atoms with Crippen LogP contribution in [0.15, 0.2) is 65.6 Å². The van der Waals surface area contributed by atoms with Crippen molar-refractivity contribution in [3.05, 3.63) is 82.1 Å². The number of nitrogens with one attached hydrogen (secondary N) is 1. The molecule has 13 heteroatoms. The van der Waals surface area contributed by atoms with Crippen LogP contribution in [0.25, 0.3) is 0 Å². The highest BCUT2D eigenvalue weighted by atomic mass is 35.5. The van der Waals surface area contributed by atoms with Gasteiger partial charge in [0.15, 0.2) is 11.5 Å². The highest BCUT2D eigenvalue weighted by Gasteiger charge is 2.34. The van der Waals surface area contributed by atoms with Gasteiger partial charge in [0.05, 0.1) is 10.6 Å². The molecule has 1 atom stereocenters. The molecule has 0 saturated carbocycles. The van der Waals surface area contributed by atoms with E-state index >= 15 is 0 Å². The van der Waals surface area contributed by atoms with Crippen molar-refractivity contribution in [2.45, 2.75) is 44.7 Å². The minimum Gasteiger partial charge on any atom is -0.486 e. The number of ether oxygens (including phenoxy) is 2. The van der Waals surface area contributed by atoms with Gasteiger partial charge in [-0.25, -0.2) is 12.8 Å². The van der Waals surface area contributed by atoms with E-state index in [0.717, 1.165) is 16.4 Å². The zero-order chi connectivity index (χ0) is 32.0. The summed E-state index contributed by atoms with van der Waals surface area (Å²) >= 11 is 12.5. The van der Waals surface area contributed by atoms with Crippen LogP contribution < -0.4 is 19.1 Å². The van der Waals surface area contributed by atoms with Crippen LogP contribution in [0.3, 0.4) is 0 Å². The van der Waals surface area contributed by atoms with Crippen molar-refractivity contribution in [3.63, 3.8) is 0 Å². The Morgan fingerprint density at radius 1 is 0.977 bits per heavy atom. The second kappa shape index (κ2) is 14.5. The first-order valence-electron chi connectivity index (χ1n) is 14.1. The molecule has 0 aromatic heterocycles. The van der Waals surface area contributed by atoms with Gasteiger partial charge in [-0.1, -0.05) is 50.0 Å². The number of benzene rings is 3. The lowest BCUT2D eigenvalue weighted by atomic mass is 10.1. The Labute approximate surface area is 266 Å². The fourth-order valence-electron chi connectivity index (χ4n) is 4.62. The zero-order valence-electron chi connectivity index (χ0n) is 24.6. The maximum atomic E-state index is 14.2. The van der Waals surface area contributed by atoms with Crippen LogP contribution in [-0.4, -0.2) is 57.5 Å². The molecule has 0 spiro atoms. The first-order valence-corrected chi connectivity index (χ1v) is 16.3. The summed E-state index contributed by atoms with van der Waals surface area (Å²) in [7, 11) is -4.41. The number of hydrogen-bond donors (Lipinski definition) is 1. The number of hydrogen-bond acceptors (Lipinski definition) is 6. The van der Waals surface area contributed by atoms with Gasteiger partial charge >= 0.3 is 0 Å². The third kappa shape index (κ3) is 7.94. The fourth-order valence-corrected chi connectivity index (χ4v) is 6.52. The van der Waals surface area contributed by atoms with E-state index in [1.807, 2.05) is 13.8 Å². The summed E-state index contributed by atoms with van der Waals surface area (Å²) in [5.41, 5.74) is 0.568. The van der Waals surface area contributed by atoms with Crippen LogP contribution in [0.1, 0.15) is 32.8 Å².